The third-order valence-corrected chi connectivity index (χ3v) is 1.81. The van der Waals surface area contributed by atoms with Gasteiger partial charge in [-0.05, 0) is 15.9 Å². The number of fused-ring (bicyclic) bond motifs is 1. The molecule has 0 bridgehead atoms. The Bertz CT molecular complexity index is 328. The molecule has 0 fully saturated rings. The van der Waals surface area contributed by atoms with Gasteiger partial charge in [0.2, 0.25) is 0 Å². The first-order valence-electron chi connectivity index (χ1n) is 2.71. The van der Waals surface area contributed by atoms with E-state index in [4.69, 9.17) is 4.52 Å². The summed E-state index contributed by atoms with van der Waals surface area (Å²) in [6.45, 7) is 0. The zero-order chi connectivity index (χ0) is 7.14. The highest BCUT2D eigenvalue weighted by Crippen LogP contribution is 2.19. The Balaban J connectivity index is 2.95. The van der Waals surface area contributed by atoms with Crippen molar-refractivity contribution in [2.45, 2.75) is 0 Å². The van der Waals surface area contributed by atoms with Gasteiger partial charge in [0.1, 0.15) is 0 Å². The summed E-state index contributed by atoms with van der Waals surface area (Å²) in [7, 11) is 1.85. The van der Waals surface area contributed by atoms with Crippen molar-refractivity contribution in [2.75, 3.05) is 0 Å². The van der Waals surface area contributed by atoms with E-state index in [1.807, 2.05) is 7.05 Å². The summed E-state index contributed by atoms with van der Waals surface area (Å²) in [4.78, 5) is 4.04. The molecule has 0 amide bonds. The fourth-order valence-corrected chi connectivity index (χ4v) is 1.14. The summed E-state index contributed by atoms with van der Waals surface area (Å²) >= 11 is 3.20. The fourth-order valence-electron chi connectivity index (χ4n) is 0.795. The highest BCUT2D eigenvalue weighted by atomic mass is 79.9. The van der Waals surface area contributed by atoms with Crippen molar-refractivity contribution < 1.29 is 4.52 Å². The first-order chi connectivity index (χ1) is 4.79. The zero-order valence-electron chi connectivity index (χ0n) is 5.21. The number of aromatic nitrogens is 3. The van der Waals surface area contributed by atoms with E-state index < -0.39 is 0 Å². The van der Waals surface area contributed by atoms with Crippen molar-refractivity contribution >= 4 is 27.2 Å². The van der Waals surface area contributed by atoms with Crippen LogP contribution in [0.25, 0.3) is 11.2 Å². The number of aryl methyl sites for hydroxylation is 1. The van der Waals surface area contributed by atoms with Crippen LogP contribution in [0.15, 0.2) is 15.5 Å². The van der Waals surface area contributed by atoms with E-state index in [0.717, 1.165) is 5.52 Å². The van der Waals surface area contributed by atoms with E-state index in [2.05, 4.69) is 26.1 Å². The van der Waals surface area contributed by atoms with Crippen molar-refractivity contribution in [3.8, 4) is 0 Å². The Kier molecular flexibility index (Phi) is 1.08. The lowest BCUT2D eigenvalue weighted by molar-refractivity contribution is 0.434. The summed E-state index contributed by atoms with van der Waals surface area (Å²) in [5, 5.41) is 3.67. The maximum atomic E-state index is 4.92. The molecule has 0 aliphatic carbocycles. The molecule has 0 spiro atoms. The summed E-state index contributed by atoms with van der Waals surface area (Å²) in [5.74, 6) is 0. The molecule has 0 aromatic carbocycles. The topological polar surface area (TPSA) is 43.9 Å². The molecule has 2 rings (SSSR count). The molecule has 0 saturated heterocycles. The minimum Gasteiger partial charge on any atom is -0.335 e. The highest BCUT2D eigenvalue weighted by molar-refractivity contribution is 9.10. The van der Waals surface area contributed by atoms with Crippen LogP contribution in [-0.2, 0) is 7.05 Å². The number of hydrogen-bond donors (Lipinski definition) is 0. The minimum atomic E-state index is 0.656. The second-order valence-electron chi connectivity index (χ2n) is 1.98. The van der Waals surface area contributed by atoms with Gasteiger partial charge >= 0.3 is 0 Å². The van der Waals surface area contributed by atoms with Crippen LogP contribution in [0.2, 0.25) is 0 Å². The van der Waals surface area contributed by atoms with Gasteiger partial charge in [-0.25, -0.2) is 4.98 Å². The van der Waals surface area contributed by atoms with E-state index >= 15 is 0 Å². The second-order valence-corrected chi connectivity index (χ2v) is 2.73. The van der Waals surface area contributed by atoms with Crippen LogP contribution in [0.4, 0.5) is 0 Å². The summed E-state index contributed by atoms with van der Waals surface area (Å²) in [5.41, 5.74) is 1.45. The molecule has 4 nitrogen and oxygen atoms in total. The lowest BCUT2D eigenvalue weighted by Crippen LogP contribution is -1.80. The first-order valence-corrected chi connectivity index (χ1v) is 3.50. The third-order valence-electron chi connectivity index (χ3n) is 1.29. The molecule has 2 aromatic rings. The molecular formula is C5H4BrN3O. The quantitative estimate of drug-likeness (QED) is 0.647. The molecule has 0 saturated carbocycles. The van der Waals surface area contributed by atoms with Crippen LogP contribution in [0.5, 0.6) is 0 Å². The van der Waals surface area contributed by atoms with Crippen molar-refractivity contribution in [3.05, 3.63) is 10.9 Å². The van der Waals surface area contributed by atoms with Crippen LogP contribution in [-0.4, -0.2) is 14.7 Å². The Morgan fingerprint density at radius 1 is 1.70 bits per heavy atom. The van der Waals surface area contributed by atoms with Gasteiger partial charge in [0, 0.05) is 7.05 Å². The molecule has 2 heterocycles. The molecule has 0 unspecified atom stereocenters. The van der Waals surface area contributed by atoms with E-state index in [1.165, 1.54) is 0 Å². The first kappa shape index (κ1) is 5.91. The molecule has 0 aliphatic rings. The molecular weight excluding hydrogens is 198 g/mol. The lowest BCUT2D eigenvalue weighted by Gasteiger charge is -1.81. The smallest absolute Gasteiger partial charge is 0.259 e. The predicted molar refractivity (Wildman–Crippen MR) is 38.5 cm³/mol. The van der Waals surface area contributed by atoms with Crippen LogP contribution in [0.3, 0.4) is 0 Å². The van der Waals surface area contributed by atoms with Gasteiger partial charge in [0.15, 0.2) is 10.1 Å². The van der Waals surface area contributed by atoms with Crippen LogP contribution in [0.1, 0.15) is 0 Å². The number of halogens is 1. The maximum Gasteiger partial charge on any atom is 0.259 e. The number of nitrogens with zero attached hydrogens (tertiary/aromatic N) is 3. The Labute approximate surface area is 64.9 Å². The lowest BCUT2D eigenvalue weighted by atomic mass is 10.6. The average molecular weight is 202 g/mol. The van der Waals surface area contributed by atoms with Crippen LogP contribution >= 0.6 is 15.9 Å². The van der Waals surface area contributed by atoms with Gasteiger partial charge < -0.3 is 9.09 Å². The Hall–Kier alpha value is -0.840. The van der Waals surface area contributed by atoms with Gasteiger partial charge in [0.25, 0.3) is 5.71 Å². The molecule has 0 aliphatic heterocycles. The molecule has 0 N–H and O–H groups in total. The minimum absolute atomic E-state index is 0.656. The Morgan fingerprint density at radius 2 is 2.50 bits per heavy atom. The van der Waals surface area contributed by atoms with Crippen LogP contribution < -0.4 is 0 Å². The van der Waals surface area contributed by atoms with Gasteiger partial charge in [-0.1, -0.05) is 5.16 Å². The zero-order valence-corrected chi connectivity index (χ0v) is 6.79. The average Bonchev–Trinajstić information content (AvgIpc) is 2.41. The van der Waals surface area contributed by atoms with E-state index in [-0.39, 0.29) is 0 Å². The monoisotopic (exact) mass is 201 g/mol. The van der Waals surface area contributed by atoms with Crippen molar-refractivity contribution in [2.24, 2.45) is 7.05 Å². The molecule has 52 valence electrons. The molecule has 0 atom stereocenters. The number of imidazole rings is 1. The molecule has 2 aromatic heterocycles. The molecule has 0 radical (unpaired) electrons. The highest BCUT2D eigenvalue weighted by Gasteiger charge is 2.08. The normalized spacial score (nSPS) is 11.0. The van der Waals surface area contributed by atoms with Gasteiger partial charge in [0.05, 0.1) is 6.33 Å². The van der Waals surface area contributed by atoms with E-state index in [0.29, 0.717) is 10.3 Å². The molecule has 10 heavy (non-hydrogen) atoms. The second kappa shape index (κ2) is 1.82. The van der Waals surface area contributed by atoms with Crippen LogP contribution in [0, 0.1) is 0 Å². The largest absolute Gasteiger partial charge is 0.335 e. The maximum absolute atomic E-state index is 4.92. The van der Waals surface area contributed by atoms with Crippen molar-refractivity contribution in [3.63, 3.8) is 0 Å². The molecule has 5 heteroatoms. The predicted octanol–water partition coefficient (Wildman–Crippen LogP) is 1.32. The third kappa shape index (κ3) is 0.607. The fraction of sp³-hybridized carbons (Fsp3) is 0.200. The van der Waals surface area contributed by atoms with Crippen molar-refractivity contribution in [1.82, 2.24) is 14.7 Å². The van der Waals surface area contributed by atoms with E-state index in [1.54, 1.807) is 10.9 Å². The number of rotatable bonds is 0. The van der Waals surface area contributed by atoms with E-state index in [9.17, 15) is 0 Å². The summed E-state index contributed by atoms with van der Waals surface area (Å²) in [6.07, 6.45) is 1.68. The van der Waals surface area contributed by atoms with Gasteiger partial charge in [-0.2, -0.15) is 0 Å². The SMILES string of the molecule is Cn1cnc2c(Br)noc21. The van der Waals surface area contributed by atoms with Gasteiger partial charge in [-0.3, -0.25) is 0 Å². The Morgan fingerprint density at radius 3 is 3.20 bits per heavy atom. The van der Waals surface area contributed by atoms with Gasteiger partial charge in [-0.15, -0.1) is 0 Å². The summed E-state index contributed by atoms with van der Waals surface area (Å²) < 4.78 is 7.35. The summed E-state index contributed by atoms with van der Waals surface area (Å²) in [6, 6.07) is 0. The number of hydrogen-bond acceptors (Lipinski definition) is 3. The standard InChI is InChI=1S/C5H4BrN3O/c1-9-2-7-3-4(6)8-10-5(3)9/h2H,1H3. The van der Waals surface area contributed by atoms with Crippen molar-refractivity contribution in [1.29, 1.82) is 0 Å².